The third-order valence-corrected chi connectivity index (χ3v) is 7.23. The minimum absolute atomic E-state index is 0.121. The Morgan fingerprint density at radius 1 is 1.00 bits per heavy atom. The van der Waals surface area contributed by atoms with Crippen molar-refractivity contribution in [1.82, 2.24) is 24.5 Å². The molecule has 166 valence electrons. The van der Waals surface area contributed by atoms with Crippen LogP contribution in [0.3, 0.4) is 0 Å². The zero-order chi connectivity index (χ0) is 21.4. The number of carbonyl (C=O) groups excluding carboxylic acids is 2. The fourth-order valence-electron chi connectivity index (χ4n) is 5.34. The summed E-state index contributed by atoms with van der Waals surface area (Å²) < 4.78 is 3.69. The molecule has 1 aliphatic heterocycles. The monoisotopic (exact) mass is 424 g/mol. The molecular formula is C23H32N6O2. The average Bonchev–Trinajstić information content (AvgIpc) is 3.46. The highest BCUT2D eigenvalue weighted by atomic mass is 16.2. The largest absolute Gasteiger partial charge is 0.338 e. The molecule has 2 amide bonds. The van der Waals surface area contributed by atoms with Gasteiger partial charge in [-0.05, 0) is 32.1 Å². The summed E-state index contributed by atoms with van der Waals surface area (Å²) in [6.07, 6.45) is 13.5. The van der Waals surface area contributed by atoms with Crippen molar-refractivity contribution in [1.29, 1.82) is 0 Å². The van der Waals surface area contributed by atoms with Crippen molar-refractivity contribution in [2.24, 2.45) is 7.05 Å². The van der Waals surface area contributed by atoms with Crippen LogP contribution in [-0.2, 0) is 7.05 Å². The first-order valence-corrected chi connectivity index (χ1v) is 11.8. The summed E-state index contributed by atoms with van der Waals surface area (Å²) in [4.78, 5) is 27.7. The first-order valence-electron chi connectivity index (χ1n) is 11.8. The topological polar surface area (TPSA) is 85.0 Å². The number of nitrogens with zero attached hydrogens (tertiary/aromatic N) is 5. The van der Waals surface area contributed by atoms with Crippen molar-refractivity contribution in [2.45, 2.75) is 76.2 Å². The van der Waals surface area contributed by atoms with Crippen molar-refractivity contribution in [2.75, 3.05) is 18.4 Å². The van der Waals surface area contributed by atoms with Crippen LogP contribution in [0.25, 0.3) is 0 Å². The van der Waals surface area contributed by atoms with E-state index in [1.54, 1.807) is 11.9 Å². The summed E-state index contributed by atoms with van der Waals surface area (Å²) in [5, 5.41) is 12.0. The van der Waals surface area contributed by atoms with E-state index >= 15 is 0 Å². The van der Waals surface area contributed by atoms with E-state index in [1.165, 1.54) is 61.5 Å². The van der Waals surface area contributed by atoms with Gasteiger partial charge in [0.25, 0.3) is 11.8 Å². The summed E-state index contributed by atoms with van der Waals surface area (Å²) in [7, 11) is 1.70. The van der Waals surface area contributed by atoms with Gasteiger partial charge >= 0.3 is 0 Å². The third kappa shape index (κ3) is 3.88. The Kier molecular flexibility index (Phi) is 5.54. The molecule has 0 atom stereocenters. The molecular weight excluding hydrogens is 392 g/mol. The van der Waals surface area contributed by atoms with Crippen LogP contribution >= 0.6 is 0 Å². The SMILES string of the molecule is Cn1ncc(C(=O)N2CCC2)c1C(=O)Nc1cc(C2CCCCC2)n(C2CCCC2)n1. The van der Waals surface area contributed by atoms with Crippen LogP contribution in [-0.4, -0.2) is 49.4 Å². The van der Waals surface area contributed by atoms with Gasteiger partial charge in [0, 0.05) is 37.8 Å². The smallest absolute Gasteiger partial charge is 0.275 e. The first kappa shape index (κ1) is 20.3. The minimum Gasteiger partial charge on any atom is -0.338 e. The molecule has 0 unspecified atom stereocenters. The molecule has 2 aliphatic carbocycles. The predicted octanol–water partition coefficient (Wildman–Crippen LogP) is 3.88. The summed E-state index contributed by atoms with van der Waals surface area (Å²) >= 11 is 0. The number of amides is 2. The van der Waals surface area contributed by atoms with Gasteiger partial charge < -0.3 is 10.2 Å². The number of aromatic nitrogens is 4. The van der Waals surface area contributed by atoms with E-state index in [2.05, 4.69) is 21.2 Å². The molecule has 2 aromatic heterocycles. The maximum atomic E-state index is 13.2. The van der Waals surface area contributed by atoms with Crippen LogP contribution < -0.4 is 5.32 Å². The van der Waals surface area contributed by atoms with Gasteiger partial charge in [0.15, 0.2) is 5.82 Å². The minimum atomic E-state index is -0.324. The predicted molar refractivity (Wildman–Crippen MR) is 117 cm³/mol. The van der Waals surface area contributed by atoms with Crippen molar-refractivity contribution in [3.8, 4) is 0 Å². The van der Waals surface area contributed by atoms with E-state index in [-0.39, 0.29) is 11.8 Å². The highest BCUT2D eigenvalue weighted by molar-refractivity contribution is 6.10. The van der Waals surface area contributed by atoms with Gasteiger partial charge in [-0.1, -0.05) is 32.1 Å². The van der Waals surface area contributed by atoms with Crippen molar-refractivity contribution < 1.29 is 9.59 Å². The number of hydrogen-bond acceptors (Lipinski definition) is 4. The maximum Gasteiger partial charge on any atom is 0.275 e. The van der Waals surface area contributed by atoms with Gasteiger partial charge in [-0.25, -0.2) is 0 Å². The molecule has 5 rings (SSSR count). The van der Waals surface area contributed by atoms with E-state index in [0.29, 0.717) is 29.0 Å². The second-order valence-electron chi connectivity index (χ2n) is 9.30. The van der Waals surface area contributed by atoms with Gasteiger partial charge in [-0.3, -0.25) is 19.0 Å². The molecule has 3 aliphatic rings. The molecule has 1 saturated heterocycles. The van der Waals surface area contributed by atoms with E-state index in [0.717, 1.165) is 32.4 Å². The van der Waals surface area contributed by atoms with Gasteiger partial charge in [0.05, 0.1) is 17.8 Å². The Balaban J connectivity index is 1.40. The Morgan fingerprint density at radius 3 is 2.39 bits per heavy atom. The molecule has 0 spiro atoms. The molecule has 2 saturated carbocycles. The van der Waals surface area contributed by atoms with Crippen LogP contribution in [0, 0.1) is 0 Å². The second kappa shape index (κ2) is 8.48. The Hall–Kier alpha value is -2.64. The second-order valence-corrected chi connectivity index (χ2v) is 9.30. The molecule has 31 heavy (non-hydrogen) atoms. The number of likely N-dealkylation sites (tertiary alicyclic amines) is 1. The Labute approximate surface area is 183 Å². The molecule has 8 heteroatoms. The standard InChI is InChI=1S/C23H32N6O2/c1-27-21(18(15-24-27)23(31)28-12-7-13-28)22(30)25-20-14-19(16-8-3-2-4-9-16)29(26-20)17-10-5-6-11-17/h14-17H,2-13H2,1H3,(H,25,26,30). The molecule has 3 fully saturated rings. The fourth-order valence-corrected chi connectivity index (χ4v) is 5.34. The van der Waals surface area contributed by atoms with Crippen LogP contribution in [0.15, 0.2) is 12.3 Å². The molecule has 2 aromatic rings. The van der Waals surface area contributed by atoms with Crippen LogP contribution in [0.2, 0.25) is 0 Å². The molecule has 3 heterocycles. The molecule has 1 N–H and O–H groups in total. The summed E-state index contributed by atoms with van der Waals surface area (Å²) in [5.41, 5.74) is 1.93. The van der Waals surface area contributed by atoms with E-state index in [1.807, 2.05) is 0 Å². The van der Waals surface area contributed by atoms with Crippen molar-refractivity contribution in [3.05, 3.63) is 29.2 Å². The Bertz CT molecular complexity index is 961. The summed E-state index contributed by atoms with van der Waals surface area (Å²) in [6.45, 7) is 1.48. The molecule has 8 nitrogen and oxygen atoms in total. The van der Waals surface area contributed by atoms with Gasteiger partial charge in [0.2, 0.25) is 0 Å². The zero-order valence-corrected chi connectivity index (χ0v) is 18.3. The van der Waals surface area contributed by atoms with Gasteiger partial charge in [-0.15, -0.1) is 0 Å². The number of rotatable bonds is 5. The quantitative estimate of drug-likeness (QED) is 0.789. The highest BCUT2D eigenvalue weighted by Gasteiger charge is 2.30. The normalized spacial score (nSPS) is 20.1. The first-order chi connectivity index (χ1) is 15.1. The number of carbonyl (C=O) groups is 2. The molecule has 0 aromatic carbocycles. The Morgan fingerprint density at radius 2 is 1.71 bits per heavy atom. The number of nitrogens with one attached hydrogen (secondary N) is 1. The number of hydrogen-bond donors (Lipinski definition) is 1. The molecule has 0 bridgehead atoms. The van der Waals surface area contributed by atoms with Gasteiger partial charge in [-0.2, -0.15) is 10.2 Å². The van der Waals surface area contributed by atoms with Crippen molar-refractivity contribution in [3.63, 3.8) is 0 Å². The van der Waals surface area contributed by atoms with Crippen LogP contribution in [0.5, 0.6) is 0 Å². The fraction of sp³-hybridized carbons (Fsp3) is 0.652. The maximum absolute atomic E-state index is 13.2. The zero-order valence-electron chi connectivity index (χ0n) is 18.3. The lowest BCUT2D eigenvalue weighted by Crippen LogP contribution is -2.42. The van der Waals surface area contributed by atoms with Crippen molar-refractivity contribution >= 4 is 17.6 Å². The molecule has 0 radical (unpaired) electrons. The summed E-state index contributed by atoms with van der Waals surface area (Å²) in [6, 6.07) is 2.50. The van der Waals surface area contributed by atoms with E-state index < -0.39 is 0 Å². The summed E-state index contributed by atoms with van der Waals surface area (Å²) in [5.74, 6) is 0.660. The van der Waals surface area contributed by atoms with Crippen LogP contribution in [0.1, 0.15) is 103 Å². The number of anilines is 1. The van der Waals surface area contributed by atoms with E-state index in [9.17, 15) is 9.59 Å². The lowest BCUT2D eigenvalue weighted by atomic mass is 9.86. The third-order valence-electron chi connectivity index (χ3n) is 7.23. The van der Waals surface area contributed by atoms with Crippen LogP contribution in [0.4, 0.5) is 5.82 Å². The lowest BCUT2D eigenvalue weighted by molar-refractivity contribution is 0.0648. The average molecular weight is 425 g/mol. The van der Waals surface area contributed by atoms with E-state index in [4.69, 9.17) is 5.10 Å². The number of aryl methyl sites for hydroxylation is 1. The van der Waals surface area contributed by atoms with Gasteiger partial charge in [0.1, 0.15) is 5.69 Å². The lowest BCUT2D eigenvalue weighted by Gasteiger charge is -2.30. The highest BCUT2D eigenvalue weighted by Crippen LogP contribution is 2.38.